The maximum atomic E-state index is 10.0. The predicted octanol–water partition coefficient (Wildman–Crippen LogP) is 1.51. The number of hydrogen-bond donors (Lipinski definition) is 1. The summed E-state index contributed by atoms with van der Waals surface area (Å²) in [6, 6.07) is 0. The minimum absolute atomic E-state index is 0.445. The fourth-order valence-electron chi connectivity index (χ4n) is 2.44. The molecule has 1 aromatic rings. The molecule has 2 heterocycles. The monoisotopic (exact) mass is 237 g/mol. The molecule has 1 saturated heterocycles. The minimum Gasteiger partial charge on any atom is -0.390 e. The number of nitrogens with zero attached hydrogens (tertiary/aromatic N) is 3. The fourth-order valence-corrected chi connectivity index (χ4v) is 2.44. The standard InChI is InChI=1S/C13H23N3O/c1-13(17)4-2-7-15(10-5-13)8-3-9-16-11-6-14-12-16/h6,11-12,17H,2-5,7-10H2,1H3. The molecule has 17 heavy (non-hydrogen) atoms. The Morgan fingerprint density at radius 2 is 2.18 bits per heavy atom. The Kier molecular flexibility index (Phi) is 4.18. The van der Waals surface area contributed by atoms with E-state index >= 15 is 0 Å². The molecule has 0 amide bonds. The van der Waals surface area contributed by atoms with Gasteiger partial charge in [0.25, 0.3) is 0 Å². The Morgan fingerprint density at radius 3 is 2.94 bits per heavy atom. The molecule has 0 saturated carbocycles. The molecule has 0 radical (unpaired) electrons. The van der Waals surface area contributed by atoms with Crippen LogP contribution in [0.5, 0.6) is 0 Å². The number of imidazole rings is 1. The minimum atomic E-state index is -0.445. The van der Waals surface area contributed by atoms with Gasteiger partial charge in [0, 0.05) is 25.5 Å². The highest BCUT2D eigenvalue weighted by Crippen LogP contribution is 2.21. The van der Waals surface area contributed by atoms with Gasteiger partial charge in [0.1, 0.15) is 0 Å². The molecule has 1 aliphatic rings. The van der Waals surface area contributed by atoms with Gasteiger partial charge in [0.2, 0.25) is 0 Å². The highest BCUT2D eigenvalue weighted by Gasteiger charge is 2.24. The topological polar surface area (TPSA) is 41.3 Å². The van der Waals surface area contributed by atoms with E-state index in [1.54, 1.807) is 0 Å². The second-order valence-corrected chi connectivity index (χ2v) is 5.35. The molecule has 1 unspecified atom stereocenters. The summed E-state index contributed by atoms with van der Waals surface area (Å²) in [4.78, 5) is 6.51. The molecule has 4 heteroatoms. The lowest BCUT2D eigenvalue weighted by atomic mass is 9.98. The molecule has 1 fully saturated rings. The van der Waals surface area contributed by atoms with Gasteiger partial charge < -0.3 is 14.6 Å². The number of rotatable bonds is 4. The van der Waals surface area contributed by atoms with E-state index in [0.717, 1.165) is 51.9 Å². The van der Waals surface area contributed by atoms with E-state index in [2.05, 4.69) is 14.5 Å². The van der Waals surface area contributed by atoms with Gasteiger partial charge in [-0.15, -0.1) is 0 Å². The van der Waals surface area contributed by atoms with E-state index < -0.39 is 5.60 Å². The first kappa shape index (κ1) is 12.6. The van der Waals surface area contributed by atoms with Crippen LogP contribution in [0.4, 0.5) is 0 Å². The van der Waals surface area contributed by atoms with Crippen molar-refractivity contribution in [2.24, 2.45) is 0 Å². The summed E-state index contributed by atoms with van der Waals surface area (Å²) in [6.45, 7) is 6.26. The van der Waals surface area contributed by atoms with Gasteiger partial charge in [-0.2, -0.15) is 0 Å². The predicted molar refractivity (Wildman–Crippen MR) is 67.8 cm³/mol. The van der Waals surface area contributed by atoms with Crippen molar-refractivity contribution in [2.75, 3.05) is 19.6 Å². The first-order chi connectivity index (χ1) is 8.16. The first-order valence-electron chi connectivity index (χ1n) is 6.56. The SMILES string of the molecule is CC1(O)CCCN(CCCn2ccnc2)CC1. The van der Waals surface area contributed by atoms with Gasteiger partial charge in [-0.05, 0) is 45.7 Å². The zero-order valence-electron chi connectivity index (χ0n) is 10.7. The molecule has 0 spiro atoms. The lowest BCUT2D eigenvalue weighted by Crippen LogP contribution is -2.29. The van der Waals surface area contributed by atoms with Crippen molar-refractivity contribution >= 4 is 0 Å². The zero-order valence-corrected chi connectivity index (χ0v) is 10.7. The van der Waals surface area contributed by atoms with Crippen LogP contribution in [0.1, 0.15) is 32.6 Å². The first-order valence-corrected chi connectivity index (χ1v) is 6.56. The van der Waals surface area contributed by atoms with E-state index in [1.807, 2.05) is 25.6 Å². The van der Waals surface area contributed by atoms with Crippen LogP contribution in [0.25, 0.3) is 0 Å². The Balaban J connectivity index is 1.69. The summed E-state index contributed by atoms with van der Waals surface area (Å²) >= 11 is 0. The van der Waals surface area contributed by atoms with Crippen molar-refractivity contribution in [1.82, 2.24) is 14.5 Å². The number of aromatic nitrogens is 2. The molecule has 0 bridgehead atoms. The third kappa shape index (κ3) is 4.13. The number of aryl methyl sites for hydroxylation is 1. The smallest absolute Gasteiger partial charge is 0.0945 e. The van der Waals surface area contributed by atoms with Gasteiger partial charge in [-0.3, -0.25) is 0 Å². The quantitative estimate of drug-likeness (QED) is 0.863. The second kappa shape index (κ2) is 5.65. The number of likely N-dealkylation sites (tertiary alicyclic amines) is 1. The van der Waals surface area contributed by atoms with E-state index in [4.69, 9.17) is 0 Å². The van der Waals surface area contributed by atoms with Gasteiger partial charge in [0.05, 0.1) is 11.9 Å². The normalized spacial score (nSPS) is 26.9. The summed E-state index contributed by atoms with van der Waals surface area (Å²) in [7, 11) is 0. The molecule has 1 atom stereocenters. The van der Waals surface area contributed by atoms with Crippen LogP contribution in [-0.4, -0.2) is 44.8 Å². The maximum absolute atomic E-state index is 10.0. The fraction of sp³-hybridized carbons (Fsp3) is 0.769. The van der Waals surface area contributed by atoms with Crippen molar-refractivity contribution in [2.45, 2.75) is 44.8 Å². The van der Waals surface area contributed by atoms with Gasteiger partial charge in [-0.1, -0.05) is 0 Å². The lowest BCUT2D eigenvalue weighted by Gasteiger charge is -2.22. The highest BCUT2D eigenvalue weighted by atomic mass is 16.3. The van der Waals surface area contributed by atoms with Crippen LogP contribution in [0.15, 0.2) is 18.7 Å². The summed E-state index contributed by atoms with van der Waals surface area (Å²) in [6.07, 6.45) is 9.79. The second-order valence-electron chi connectivity index (χ2n) is 5.35. The van der Waals surface area contributed by atoms with Crippen LogP contribution in [0, 0.1) is 0 Å². The molecule has 96 valence electrons. The number of hydrogen-bond acceptors (Lipinski definition) is 3. The molecule has 1 aromatic heterocycles. The van der Waals surface area contributed by atoms with Gasteiger partial charge in [-0.25, -0.2) is 4.98 Å². The summed E-state index contributed by atoms with van der Waals surface area (Å²) in [5.74, 6) is 0. The average Bonchev–Trinajstić information content (AvgIpc) is 2.72. The Bertz CT molecular complexity index is 321. The van der Waals surface area contributed by atoms with Gasteiger partial charge >= 0.3 is 0 Å². The molecular weight excluding hydrogens is 214 g/mol. The Hall–Kier alpha value is -0.870. The zero-order chi connectivity index (χ0) is 12.1. The maximum Gasteiger partial charge on any atom is 0.0945 e. The third-order valence-corrected chi connectivity index (χ3v) is 3.61. The summed E-state index contributed by atoms with van der Waals surface area (Å²) in [5.41, 5.74) is -0.445. The van der Waals surface area contributed by atoms with Crippen LogP contribution in [-0.2, 0) is 6.54 Å². The van der Waals surface area contributed by atoms with Crippen molar-refractivity contribution in [3.05, 3.63) is 18.7 Å². The molecule has 1 N–H and O–H groups in total. The summed E-state index contributed by atoms with van der Waals surface area (Å²) < 4.78 is 2.12. The van der Waals surface area contributed by atoms with Crippen LogP contribution in [0.3, 0.4) is 0 Å². The molecule has 0 aromatic carbocycles. The van der Waals surface area contributed by atoms with Gasteiger partial charge in [0.15, 0.2) is 0 Å². The highest BCUT2D eigenvalue weighted by molar-refractivity contribution is 4.79. The van der Waals surface area contributed by atoms with Crippen LogP contribution >= 0.6 is 0 Å². The van der Waals surface area contributed by atoms with Crippen molar-refractivity contribution < 1.29 is 5.11 Å². The Morgan fingerprint density at radius 1 is 1.29 bits per heavy atom. The molecular formula is C13H23N3O. The molecule has 4 nitrogen and oxygen atoms in total. The average molecular weight is 237 g/mol. The van der Waals surface area contributed by atoms with E-state index in [1.165, 1.54) is 0 Å². The van der Waals surface area contributed by atoms with Crippen LogP contribution < -0.4 is 0 Å². The lowest BCUT2D eigenvalue weighted by molar-refractivity contribution is 0.0446. The molecule has 0 aliphatic carbocycles. The molecule has 1 aliphatic heterocycles. The summed E-state index contributed by atoms with van der Waals surface area (Å²) in [5, 5.41) is 10.0. The van der Waals surface area contributed by atoms with Crippen molar-refractivity contribution in [3.8, 4) is 0 Å². The van der Waals surface area contributed by atoms with Crippen LogP contribution in [0.2, 0.25) is 0 Å². The molecule has 2 rings (SSSR count). The van der Waals surface area contributed by atoms with E-state index in [9.17, 15) is 5.11 Å². The van der Waals surface area contributed by atoms with E-state index in [-0.39, 0.29) is 0 Å². The number of aliphatic hydroxyl groups is 1. The van der Waals surface area contributed by atoms with Crippen molar-refractivity contribution in [1.29, 1.82) is 0 Å². The van der Waals surface area contributed by atoms with E-state index in [0.29, 0.717) is 0 Å². The van der Waals surface area contributed by atoms with Crippen molar-refractivity contribution in [3.63, 3.8) is 0 Å². The Labute approximate surface area is 103 Å². The largest absolute Gasteiger partial charge is 0.390 e. The third-order valence-electron chi connectivity index (χ3n) is 3.61.